The summed E-state index contributed by atoms with van der Waals surface area (Å²) in [5, 5.41) is 1.56. The summed E-state index contributed by atoms with van der Waals surface area (Å²) in [5.74, 6) is 1.41. The highest BCUT2D eigenvalue weighted by Crippen LogP contribution is 2.27. The third-order valence-electron chi connectivity index (χ3n) is 6.81. The molecule has 2 fully saturated rings. The topological polar surface area (TPSA) is 62.5 Å². The van der Waals surface area contributed by atoms with Gasteiger partial charge in [0.2, 0.25) is 0 Å². The van der Waals surface area contributed by atoms with Crippen LogP contribution >= 0.6 is 11.8 Å². The molecule has 33 heavy (non-hydrogen) atoms. The van der Waals surface area contributed by atoms with Crippen LogP contribution in [0, 0.1) is 6.92 Å². The third kappa shape index (κ3) is 5.48. The van der Waals surface area contributed by atoms with Gasteiger partial charge >= 0.3 is 0 Å². The van der Waals surface area contributed by atoms with Crippen LogP contribution in [0.5, 0.6) is 0 Å². The molecular weight excluding hydrogens is 432 g/mol. The molecule has 7 heteroatoms. The smallest absolute Gasteiger partial charge is 0.197 e. The van der Waals surface area contributed by atoms with Crippen LogP contribution in [-0.4, -0.2) is 58.2 Å². The molecule has 3 aromatic rings. The zero-order valence-corrected chi connectivity index (χ0v) is 20.1. The van der Waals surface area contributed by atoms with E-state index in [1.165, 1.54) is 25.9 Å². The maximum absolute atomic E-state index is 13.0. The number of likely N-dealkylation sites (tertiary alicyclic amines) is 2. The molecule has 2 aliphatic heterocycles. The predicted octanol–water partition coefficient (Wildman–Crippen LogP) is 4.46. The summed E-state index contributed by atoms with van der Waals surface area (Å²) in [7, 11) is 0. The quantitative estimate of drug-likeness (QED) is 0.378. The second kappa shape index (κ2) is 10.4. The van der Waals surface area contributed by atoms with Gasteiger partial charge in [-0.05, 0) is 70.4 Å². The fourth-order valence-corrected chi connectivity index (χ4v) is 5.84. The van der Waals surface area contributed by atoms with Crippen molar-refractivity contribution < 1.29 is 4.42 Å². The number of aryl methyl sites for hydroxylation is 1. The van der Waals surface area contributed by atoms with Crippen LogP contribution < -0.4 is 5.43 Å². The Balaban J connectivity index is 1.23. The van der Waals surface area contributed by atoms with E-state index in [0.717, 1.165) is 60.2 Å². The van der Waals surface area contributed by atoms with Gasteiger partial charge in [-0.15, -0.1) is 0 Å². The lowest BCUT2D eigenvalue weighted by molar-refractivity contribution is 0.196. The van der Waals surface area contributed by atoms with E-state index < -0.39 is 0 Å². The summed E-state index contributed by atoms with van der Waals surface area (Å²) in [4.78, 5) is 27.3. The molecule has 2 aliphatic rings. The number of piperidine rings is 1. The largest absolute Gasteiger partial charge is 0.464 e. The Kier molecular flexibility index (Phi) is 7.09. The van der Waals surface area contributed by atoms with E-state index in [0.29, 0.717) is 23.4 Å². The van der Waals surface area contributed by atoms with Crippen molar-refractivity contribution in [3.63, 3.8) is 0 Å². The van der Waals surface area contributed by atoms with Gasteiger partial charge in [-0.3, -0.25) is 9.69 Å². The molecule has 0 bridgehead atoms. The molecule has 6 nitrogen and oxygen atoms in total. The van der Waals surface area contributed by atoms with Crippen LogP contribution in [0.2, 0.25) is 0 Å². The van der Waals surface area contributed by atoms with Crippen LogP contribution in [0.15, 0.2) is 51.1 Å². The second-order valence-corrected chi connectivity index (χ2v) is 10.4. The van der Waals surface area contributed by atoms with Gasteiger partial charge in [0.05, 0.1) is 11.6 Å². The fourth-order valence-electron chi connectivity index (χ4n) is 5.00. The van der Waals surface area contributed by atoms with E-state index in [9.17, 15) is 4.79 Å². The number of fused-ring (bicyclic) bond motifs is 1. The average molecular weight is 465 g/mol. The van der Waals surface area contributed by atoms with Crippen LogP contribution in [0.25, 0.3) is 11.0 Å². The predicted molar refractivity (Wildman–Crippen MR) is 133 cm³/mol. The van der Waals surface area contributed by atoms with Crippen molar-refractivity contribution in [2.75, 3.05) is 38.5 Å². The lowest BCUT2D eigenvalue weighted by atomic mass is 9.94. The summed E-state index contributed by atoms with van der Waals surface area (Å²) in [6.07, 6.45) is 8.43. The fraction of sp³-hybridized carbons (Fsp3) is 0.500. The number of thioether (sulfide) groups is 1. The molecule has 2 saturated heterocycles. The number of benzene rings is 1. The first-order valence-electron chi connectivity index (χ1n) is 12.1. The average Bonchev–Trinajstić information content (AvgIpc) is 3.35. The highest BCUT2D eigenvalue weighted by atomic mass is 32.2. The summed E-state index contributed by atoms with van der Waals surface area (Å²) in [6.45, 7) is 8.09. The van der Waals surface area contributed by atoms with Gasteiger partial charge < -0.3 is 9.32 Å². The Morgan fingerprint density at radius 1 is 1.12 bits per heavy atom. The van der Waals surface area contributed by atoms with E-state index in [4.69, 9.17) is 9.40 Å². The molecule has 0 amide bonds. The van der Waals surface area contributed by atoms with Gasteiger partial charge in [-0.2, -0.15) is 0 Å². The molecule has 174 valence electrons. The van der Waals surface area contributed by atoms with Gasteiger partial charge in [-0.25, -0.2) is 9.97 Å². The summed E-state index contributed by atoms with van der Waals surface area (Å²) < 4.78 is 5.77. The molecule has 4 heterocycles. The first kappa shape index (κ1) is 22.6. The number of rotatable bonds is 7. The minimum atomic E-state index is 0.0841. The highest BCUT2D eigenvalue weighted by Gasteiger charge is 2.24. The van der Waals surface area contributed by atoms with Crippen molar-refractivity contribution in [2.24, 2.45) is 0 Å². The van der Waals surface area contributed by atoms with Crippen LogP contribution in [-0.2, 0) is 6.54 Å². The minimum Gasteiger partial charge on any atom is -0.464 e. The second-order valence-electron chi connectivity index (χ2n) is 9.33. The standard InChI is InChI=1S/C26H32N4O2S/c1-19-6-7-24-22(15-19)25(31)21(18-32-24)17-30-12-4-5-20(16-30)23-8-9-27-26(28-23)33-14-13-29-10-2-3-11-29/h6-9,15,18,20H,2-5,10-14,16-17H2,1H3/t20-/m0/s1. The SMILES string of the molecule is Cc1ccc2occ(CN3CCC[C@H](c4ccnc(SCCN5CCCC5)n4)C3)c(=O)c2c1. The minimum absolute atomic E-state index is 0.0841. The van der Waals surface area contributed by atoms with Crippen LogP contribution in [0.3, 0.4) is 0 Å². The summed E-state index contributed by atoms with van der Waals surface area (Å²) in [6, 6.07) is 7.84. The van der Waals surface area contributed by atoms with Crippen molar-refractivity contribution in [2.45, 2.75) is 50.2 Å². The van der Waals surface area contributed by atoms with Crippen LogP contribution in [0.1, 0.15) is 48.4 Å². The number of nitrogens with zero attached hydrogens (tertiary/aromatic N) is 4. The first-order valence-corrected chi connectivity index (χ1v) is 13.1. The van der Waals surface area contributed by atoms with Crippen molar-refractivity contribution in [3.05, 3.63) is 63.8 Å². The number of hydrogen-bond acceptors (Lipinski definition) is 7. The Hall–Kier alpha value is -2.22. The lowest BCUT2D eigenvalue weighted by Crippen LogP contribution is -2.35. The van der Waals surface area contributed by atoms with Crippen molar-refractivity contribution >= 4 is 22.7 Å². The molecule has 0 aliphatic carbocycles. The normalized spacial score (nSPS) is 20.0. The Labute approximate surface area is 199 Å². The molecule has 0 unspecified atom stereocenters. The maximum atomic E-state index is 13.0. The van der Waals surface area contributed by atoms with E-state index in [1.54, 1.807) is 18.0 Å². The molecule has 1 atom stereocenters. The third-order valence-corrected chi connectivity index (χ3v) is 7.65. The maximum Gasteiger partial charge on any atom is 0.197 e. The van der Waals surface area contributed by atoms with Crippen LogP contribution in [0.4, 0.5) is 0 Å². The van der Waals surface area contributed by atoms with E-state index >= 15 is 0 Å². The number of hydrogen-bond donors (Lipinski definition) is 0. The molecule has 0 radical (unpaired) electrons. The van der Waals surface area contributed by atoms with Gasteiger partial charge in [0.25, 0.3) is 0 Å². The molecule has 0 N–H and O–H groups in total. The van der Waals surface area contributed by atoms with Gasteiger partial charge in [0.15, 0.2) is 10.6 Å². The highest BCUT2D eigenvalue weighted by molar-refractivity contribution is 7.99. The molecule has 1 aromatic carbocycles. The Morgan fingerprint density at radius 2 is 1.97 bits per heavy atom. The monoisotopic (exact) mass is 464 g/mol. The molecule has 5 rings (SSSR count). The zero-order valence-electron chi connectivity index (χ0n) is 19.3. The van der Waals surface area contributed by atoms with Gasteiger partial charge in [0.1, 0.15) is 5.58 Å². The Morgan fingerprint density at radius 3 is 2.85 bits per heavy atom. The molecular formula is C26H32N4O2S. The zero-order chi connectivity index (χ0) is 22.6. The summed E-state index contributed by atoms with van der Waals surface area (Å²) >= 11 is 1.76. The molecule has 2 aromatic heterocycles. The van der Waals surface area contributed by atoms with E-state index in [1.807, 2.05) is 31.3 Å². The summed E-state index contributed by atoms with van der Waals surface area (Å²) in [5.41, 5.74) is 3.67. The van der Waals surface area contributed by atoms with E-state index in [2.05, 4.69) is 20.9 Å². The van der Waals surface area contributed by atoms with Crippen molar-refractivity contribution in [3.8, 4) is 0 Å². The van der Waals surface area contributed by atoms with Gasteiger partial charge in [-0.1, -0.05) is 23.4 Å². The lowest BCUT2D eigenvalue weighted by Gasteiger charge is -2.32. The molecule has 0 saturated carbocycles. The molecule has 0 spiro atoms. The van der Waals surface area contributed by atoms with Crippen molar-refractivity contribution in [1.29, 1.82) is 0 Å². The Bertz CT molecular complexity index is 1160. The van der Waals surface area contributed by atoms with Gasteiger partial charge in [0, 0.05) is 48.8 Å². The van der Waals surface area contributed by atoms with E-state index in [-0.39, 0.29) is 5.43 Å². The first-order chi connectivity index (χ1) is 16.2. The van der Waals surface area contributed by atoms with Crippen molar-refractivity contribution in [1.82, 2.24) is 19.8 Å². The number of aromatic nitrogens is 2.